The van der Waals surface area contributed by atoms with Crippen LogP contribution in [0.3, 0.4) is 0 Å². The Hall–Kier alpha value is -2.08. The molecule has 0 atom stereocenters. The molecule has 0 bridgehead atoms. The normalized spacial score (nSPS) is 11.1. The van der Waals surface area contributed by atoms with Gasteiger partial charge in [-0.05, 0) is 66.4 Å². The smallest absolute Gasteiger partial charge is 0.141 e. The van der Waals surface area contributed by atoms with E-state index in [-0.39, 0.29) is 10.8 Å². The van der Waals surface area contributed by atoms with E-state index in [0.717, 1.165) is 31.6 Å². The average molecular weight is 404 g/mol. The van der Waals surface area contributed by atoms with Crippen LogP contribution in [0, 0.1) is 18.6 Å². The molecule has 2 aromatic heterocycles. The molecular formula is C20H12ClF2NS2. The number of benzene rings is 2. The number of thiazole rings is 1. The van der Waals surface area contributed by atoms with Gasteiger partial charge in [-0.15, -0.1) is 22.7 Å². The summed E-state index contributed by atoms with van der Waals surface area (Å²) in [5.41, 5.74) is 3.55. The third-order valence-corrected chi connectivity index (χ3v) is 6.49. The maximum atomic E-state index is 13.5. The predicted molar refractivity (Wildman–Crippen MR) is 106 cm³/mol. The van der Waals surface area contributed by atoms with E-state index in [1.54, 1.807) is 35.6 Å². The molecule has 2 aromatic carbocycles. The second-order valence-electron chi connectivity index (χ2n) is 5.82. The summed E-state index contributed by atoms with van der Waals surface area (Å²) in [6, 6.07) is 13.0. The van der Waals surface area contributed by atoms with Crippen molar-refractivity contribution in [3.05, 3.63) is 76.1 Å². The first kappa shape index (κ1) is 17.3. The molecular weight excluding hydrogens is 392 g/mol. The lowest BCUT2D eigenvalue weighted by atomic mass is 10.1. The summed E-state index contributed by atoms with van der Waals surface area (Å²) in [6.45, 7) is 2.04. The van der Waals surface area contributed by atoms with E-state index in [2.05, 4.69) is 11.4 Å². The molecule has 2 heterocycles. The zero-order chi connectivity index (χ0) is 18.3. The van der Waals surface area contributed by atoms with E-state index in [0.29, 0.717) is 0 Å². The van der Waals surface area contributed by atoms with Gasteiger partial charge in [0.25, 0.3) is 0 Å². The topological polar surface area (TPSA) is 12.9 Å². The SMILES string of the molecule is Cc1csc(-c2sc(-c3ccc(F)c(Cl)c3)nc2-c2ccc(F)cc2)c1. The van der Waals surface area contributed by atoms with E-state index in [4.69, 9.17) is 16.6 Å². The third kappa shape index (κ3) is 3.30. The molecule has 0 spiro atoms. The van der Waals surface area contributed by atoms with Crippen molar-refractivity contribution >= 4 is 34.3 Å². The van der Waals surface area contributed by atoms with Crippen LogP contribution in [0.15, 0.2) is 53.9 Å². The Balaban J connectivity index is 1.89. The van der Waals surface area contributed by atoms with Gasteiger partial charge in [0.2, 0.25) is 0 Å². The van der Waals surface area contributed by atoms with Crippen LogP contribution >= 0.6 is 34.3 Å². The molecule has 0 amide bonds. The second-order valence-corrected chi connectivity index (χ2v) is 8.14. The average Bonchev–Trinajstić information content (AvgIpc) is 3.24. The molecule has 0 saturated heterocycles. The molecule has 0 aliphatic heterocycles. The largest absolute Gasteiger partial charge is 0.235 e. The Bertz CT molecular complexity index is 1080. The van der Waals surface area contributed by atoms with Crippen molar-refractivity contribution in [1.82, 2.24) is 4.98 Å². The van der Waals surface area contributed by atoms with E-state index < -0.39 is 5.82 Å². The quantitative estimate of drug-likeness (QED) is 0.346. The predicted octanol–water partition coefficient (Wildman–Crippen LogP) is 7.45. The molecule has 0 N–H and O–H groups in total. The number of thiophene rings is 1. The minimum absolute atomic E-state index is 0.0644. The van der Waals surface area contributed by atoms with Gasteiger partial charge in [0.15, 0.2) is 0 Å². The second kappa shape index (κ2) is 6.91. The van der Waals surface area contributed by atoms with Crippen LogP contribution in [0.25, 0.3) is 31.6 Å². The van der Waals surface area contributed by atoms with E-state index in [1.165, 1.54) is 35.1 Å². The van der Waals surface area contributed by atoms with Crippen molar-refractivity contribution in [2.24, 2.45) is 0 Å². The molecule has 0 aliphatic rings. The standard InChI is InChI=1S/C20H12ClF2NS2/c1-11-8-17(25-10-11)19-18(12-2-5-14(22)6-3-12)24-20(26-19)13-4-7-16(23)15(21)9-13/h2-10H,1H3. The first-order valence-electron chi connectivity index (χ1n) is 7.79. The third-order valence-electron chi connectivity index (χ3n) is 3.87. The van der Waals surface area contributed by atoms with Crippen LogP contribution in [0.4, 0.5) is 8.78 Å². The van der Waals surface area contributed by atoms with Crippen molar-refractivity contribution < 1.29 is 8.78 Å². The zero-order valence-electron chi connectivity index (χ0n) is 13.6. The molecule has 0 radical (unpaired) electrons. The maximum absolute atomic E-state index is 13.5. The van der Waals surface area contributed by atoms with Gasteiger partial charge < -0.3 is 0 Å². The van der Waals surface area contributed by atoms with Crippen LogP contribution in [0.1, 0.15) is 5.56 Å². The molecule has 0 fully saturated rings. The van der Waals surface area contributed by atoms with Crippen molar-refractivity contribution in [3.8, 4) is 31.6 Å². The van der Waals surface area contributed by atoms with Gasteiger partial charge in [0.1, 0.15) is 16.6 Å². The number of rotatable bonds is 3. The molecule has 0 saturated carbocycles. The highest BCUT2D eigenvalue weighted by atomic mass is 35.5. The Morgan fingerprint density at radius 2 is 1.69 bits per heavy atom. The van der Waals surface area contributed by atoms with Gasteiger partial charge in [0, 0.05) is 16.0 Å². The molecule has 1 nitrogen and oxygen atoms in total. The zero-order valence-corrected chi connectivity index (χ0v) is 16.0. The minimum atomic E-state index is -0.458. The van der Waals surface area contributed by atoms with Crippen LogP contribution in [-0.2, 0) is 0 Å². The highest BCUT2D eigenvalue weighted by Crippen LogP contribution is 2.43. The summed E-state index contributed by atoms with van der Waals surface area (Å²) in [5, 5.41) is 2.89. The fourth-order valence-electron chi connectivity index (χ4n) is 2.59. The molecule has 26 heavy (non-hydrogen) atoms. The minimum Gasteiger partial charge on any atom is -0.235 e. The summed E-state index contributed by atoms with van der Waals surface area (Å²) in [6.07, 6.45) is 0. The van der Waals surface area contributed by atoms with Crippen molar-refractivity contribution in [2.75, 3.05) is 0 Å². The summed E-state index contributed by atoms with van der Waals surface area (Å²) in [4.78, 5) is 6.86. The van der Waals surface area contributed by atoms with Gasteiger partial charge in [-0.2, -0.15) is 0 Å². The van der Waals surface area contributed by atoms with Crippen molar-refractivity contribution in [1.29, 1.82) is 0 Å². The number of aryl methyl sites for hydroxylation is 1. The van der Waals surface area contributed by atoms with Crippen LogP contribution in [-0.4, -0.2) is 4.98 Å². The molecule has 6 heteroatoms. The lowest BCUT2D eigenvalue weighted by molar-refractivity contribution is 0.628. The van der Waals surface area contributed by atoms with Crippen molar-refractivity contribution in [2.45, 2.75) is 6.92 Å². The Kier molecular flexibility index (Phi) is 4.61. The summed E-state index contributed by atoms with van der Waals surface area (Å²) in [5.74, 6) is -0.747. The highest BCUT2D eigenvalue weighted by molar-refractivity contribution is 7.23. The molecule has 4 aromatic rings. The van der Waals surface area contributed by atoms with Gasteiger partial charge in [-0.1, -0.05) is 11.6 Å². The molecule has 0 aliphatic carbocycles. The fraction of sp³-hybridized carbons (Fsp3) is 0.0500. The maximum Gasteiger partial charge on any atom is 0.141 e. The fourth-order valence-corrected chi connectivity index (χ4v) is 4.88. The van der Waals surface area contributed by atoms with Gasteiger partial charge >= 0.3 is 0 Å². The lowest BCUT2D eigenvalue weighted by Crippen LogP contribution is -1.83. The van der Waals surface area contributed by atoms with Crippen LogP contribution < -0.4 is 0 Å². The van der Waals surface area contributed by atoms with Crippen LogP contribution in [0.2, 0.25) is 5.02 Å². The first-order valence-corrected chi connectivity index (χ1v) is 9.86. The van der Waals surface area contributed by atoms with Crippen LogP contribution in [0.5, 0.6) is 0 Å². The number of hydrogen-bond donors (Lipinski definition) is 0. The summed E-state index contributed by atoms with van der Waals surface area (Å²) >= 11 is 9.08. The first-order chi connectivity index (χ1) is 12.5. The monoisotopic (exact) mass is 403 g/mol. The van der Waals surface area contributed by atoms with E-state index in [9.17, 15) is 8.78 Å². The number of hydrogen-bond acceptors (Lipinski definition) is 3. The Morgan fingerprint density at radius 1 is 0.962 bits per heavy atom. The molecule has 0 unspecified atom stereocenters. The number of aromatic nitrogens is 1. The van der Waals surface area contributed by atoms with E-state index >= 15 is 0 Å². The van der Waals surface area contributed by atoms with Crippen molar-refractivity contribution in [3.63, 3.8) is 0 Å². The molecule has 4 rings (SSSR count). The van der Waals surface area contributed by atoms with Gasteiger partial charge in [-0.25, -0.2) is 13.8 Å². The molecule has 130 valence electrons. The number of halogens is 3. The lowest BCUT2D eigenvalue weighted by Gasteiger charge is -2.00. The van der Waals surface area contributed by atoms with E-state index in [1.807, 2.05) is 6.92 Å². The Labute approximate surface area is 162 Å². The van der Waals surface area contributed by atoms with Gasteiger partial charge in [0.05, 0.1) is 15.6 Å². The summed E-state index contributed by atoms with van der Waals surface area (Å²) in [7, 11) is 0. The highest BCUT2D eigenvalue weighted by Gasteiger charge is 2.18. The van der Waals surface area contributed by atoms with Gasteiger partial charge in [-0.3, -0.25) is 0 Å². The Morgan fingerprint density at radius 3 is 2.35 bits per heavy atom. The summed E-state index contributed by atoms with van der Waals surface area (Å²) < 4.78 is 26.8. The number of nitrogens with zero attached hydrogens (tertiary/aromatic N) is 1.